The smallest absolute Gasteiger partial charge is 0.250 e. The molecule has 3 N–H and O–H groups in total. The second-order valence-corrected chi connectivity index (χ2v) is 9.15. The van der Waals surface area contributed by atoms with Gasteiger partial charge in [0.2, 0.25) is 17.7 Å². The van der Waals surface area contributed by atoms with E-state index < -0.39 is 53.1 Å². The fourth-order valence-corrected chi connectivity index (χ4v) is 5.64. The molecule has 3 unspecified atom stereocenters. The summed E-state index contributed by atoms with van der Waals surface area (Å²) in [5.74, 6) is -3.84. The van der Waals surface area contributed by atoms with E-state index in [1.165, 1.54) is 31.2 Å². The topological polar surface area (TPSA) is 98.7 Å². The fraction of sp³-hybridized carbons (Fsp3) is 0.348. The number of aliphatic hydroxyl groups excluding tert-OH is 1. The van der Waals surface area contributed by atoms with Crippen LogP contribution in [-0.2, 0) is 26.5 Å². The molecule has 2 fully saturated rings. The van der Waals surface area contributed by atoms with E-state index in [-0.39, 0.29) is 6.54 Å². The van der Waals surface area contributed by atoms with Gasteiger partial charge in [0.1, 0.15) is 11.4 Å². The number of benzene rings is 2. The lowest BCUT2D eigenvalue weighted by atomic mass is 9.76. The van der Waals surface area contributed by atoms with Crippen LogP contribution in [-0.4, -0.2) is 39.9 Å². The minimum Gasteiger partial charge on any atom is -0.392 e. The van der Waals surface area contributed by atoms with Gasteiger partial charge in [-0.05, 0) is 49.2 Å². The summed E-state index contributed by atoms with van der Waals surface area (Å²) in [5, 5.41) is 16.8. The van der Waals surface area contributed by atoms with Crippen LogP contribution in [0.15, 0.2) is 36.4 Å². The van der Waals surface area contributed by atoms with Crippen LogP contribution in [0.2, 0.25) is 5.02 Å². The number of nitrogens with zero attached hydrogens (tertiary/aromatic N) is 1. The SMILES string of the molecule is Cc1cc(Cl)cc2c1NC(=O)C21NC(C(C)O)[C@H]2C(=O)N(Cc3ccc(F)cc3)C(=O)[C@H]21. The zero-order chi connectivity index (χ0) is 22.9. The van der Waals surface area contributed by atoms with Crippen molar-refractivity contribution in [1.29, 1.82) is 0 Å². The number of aryl methyl sites for hydroxylation is 1. The maximum absolute atomic E-state index is 13.6. The molecule has 3 amide bonds. The van der Waals surface area contributed by atoms with Crippen LogP contribution in [0.1, 0.15) is 23.6 Å². The molecule has 3 aliphatic rings. The molecule has 166 valence electrons. The number of hydrogen-bond donors (Lipinski definition) is 3. The Kier molecular flexibility index (Phi) is 4.67. The standard InChI is InChI=1S/C23H21ClFN3O4/c1-10-7-13(24)8-15-18(10)26-22(32)23(15)17-16(19(27-23)11(2)29)20(30)28(21(17)31)9-12-3-5-14(25)6-4-12/h3-8,11,16-17,19,27,29H,9H2,1-2H3,(H,26,32)/t11?,16-,17-,19?,23?/m0/s1. The van der Waals surface area contributed by atoms with Crippen molar-refractivity contribution in [1.82, 2.24) is 10.2 Å². The first-order valence-corrected chi connectivity index (χ1v) is 10.7. The molecule has 3 heterocycles. The molecule has 2 aromatic rings. The van der Waals surface area contributed by atoms with Crippen molar-refractivity contribution in [3.8, 4) is 0 Å². The van der Waals surface area contributed by atoms with Crippen molar-refractivity contribution in [3.63, 3.8) is 0 Å². The normalized spacial score (nSPS) is 29.5. The van der Waals surface area contributed by atoms with Gasteiger partial charge in [0, 0.05) is 22.3 Å². The number of halogens is 2. The Morgan fingerprint density at radius 2 is 1.88 bits per heavy atom. The zero-order valence-corrected chi connectivity index (χ0v) is 18.1. The molecule has 32 heavy (non-hydrogen) atoms. The zero-order valence-electron chi connectivity index (χ0n) is 17.4. The third kappa shape index (κ3) is 2.76. The predicted molar refractivity (Wildman–Crippen MR) is 114 cm³/mol. The third-order valence-electron chi connectivity index (χ3n) is 6.79. The van der Waals surface area contributed by atoms with Crippen LogP contribution < -0.4 is 10.6 Å². The Labute approximate surface area is 188 Å². The molecule has 0 radical (unpaired) electrons. The minimum absolute atomic E-state index is 0.0450. The highest BCUT2D eigenvalue weighted by molar-refractivity contribution is 6.31. The number of likely N-dealkylation sites (tertiary alicyclic amines) is 1. The third-order valence-corrected chi connectivity index (χ3v) is 7.00. The first kappa shape index (κ1) is 21.1. The molecule has 5 rings (SSSR count). The van der Waals surface area contributed by atoms with E-state index in [4.69, 9.17) is 11.6 Å². The monoisotopic (exact) mass is 457 g/mol. The number of imide groups is 1. The molecule has 0 saturated carbocycles. The number of rotatable bonds is 3. The summed E-state index contributed by atoms with van der Waals surface area (Å²) in [6.07, 6.45) is -0.999. The lowest BCUT2D eigenvalue weighted by Crippen LogP contribution is -2.54. The molecule has 2 saturated heterocycles. The second kappa shape index (κ2) is 7.10. The molecule has 3 aliphatic heterocycles. The average molecular weight is 458 g/mol. The number of anilines is 1. The van der Waals surface area contributed by atoms with Crippen LogP contribution in [0.25, 0.3) is 0 Å². The summed E-state index contributed by atoms with van der Waals surface area (Å²) in [6.45, 7) is 3.27. The molecule has 0 aromatic heterocycles. The van der Waals surface area contributed by atoms with Gasteiger partial charge in [0.25, 0.3) is 0 Å². The number of nitrogens with one attached hydrogen (secondary N) is 2. The van der Waals surface area contributed by atoms with Gasteiger partial charge in [-0.2, -0.15) is 0 Å². The first-order valence-electron chi connectivity index (χ1n) is 10.3. The van der Waals surface area contributed by atoms with Crippen LogP contribution >= 0.6 is 11.6 Å². The molecule has 1 spiro atoms. The quantitative estimate of drug-likeness (QED) is 0.613. The number of carbonyl (C=O) groups excluding carboxylic acids is 3. The van der Waals surface area contributed by atoms with Crippen molar-refractivity contribution >= 4 is 35.0 Å². The Balaban J connectivity index is 1.63. The number of carbonyl (C=O) groups is 3. The van der Waals surface area contributed by atoms with Gasteiger partial charge in [0.05, 0.1) is 24.5 Å². The summed E-state index contributed by atoms with van der Waals surface area (Å²) in [5.41, 5.74) is 0.835. The van der Waals surface area contributed by atoms with Gasteiger partial charge in [-0.3, -0.25) is 24.6 Å². The number of aliphatic hydroxyl groups is 1. The highest BCUT2D eigenvalue weighted by Gasteiger charge is 2.71. The van der Waals surface area contributed by atoms with E-state index >= 15 is 0 Å². The number of amides is 3. The van der Waals surface area contributed by atoms with Gasteiger partial charge in [0.15, 0.2) is 0 Å². The molecular weight excluding hydrogens is 437 g/mol. The average Bonchev–Trinajstić information content (AvgIpc) is 3.32. The maximum atomic E-state index is 13.6. The van der Waals surface area contributed by atoms with Crippen LogP contribution in [0.4, 0.5) is 10.1 Å². The van der Waals surface area contributed by atoms with Crippen molar-refractivity contribution < 1.29 is 23.9 Å². The maximum Gasteiger partial charge on any atom is 0.250 e. The van der Waals surface area contributed by atoms with E-state index in [9.17, 15) is 23.9 Å². The molecule has 9 heteroatoms. The molecule has 0 aliphatic carbocycles. The van der Waals surface area contributed by atoms with Gasteiger partial charge in [-0.1, -0.05) is 23.7 Å². The highest BCUT2D eigenvalue weighted by Crippen LogP contribution is 2.54. The summed E-state index contributed by atoms with van der Waals surface area (Å²) in [6, 6.07) is 8.04. The Bertz CT molecular complexity index is 1170. The van der Waals surface area contributed by atoms with E-state index in [0.29, 0.717) is 21.8 Å². The van der Waals surface area contributed by atoms with E-state index in [0.717, 1.165) is 10.5 Å². The van der Waals surface area contributed by atoms with Crippen LogP contribution in [0.3, 0.4) is 0 Å². The minimum atomic E-state index is -1.53. The number of hydrogen-bond acceptors (Lipinski definition) is 5. The van der Waals surface area contributed by atoms with Gasteiger partial charge >= 0.3 is 0 Å². The molecule has 0 bridgehead atoms. The van der Waals surface area contributed by atoms with E-state index in [1.54, 1.807) is 19.1 Å². The van der Waals surface area contributed by atoms with Crippen LogP contribution in [0, 0.1) is 24.6 Å². The Hall–Kier alpha value is -2.81. The lowest BCUT2D eigenvalue weighted by molar-refractivity contribution is -0.143. The highest BCUT2D eigenvalue weighted by atomic mass is 35.5. The van der Waals surface area contributed by atoms with Crippen molar-refractivity contribution in [2.45, 2.75) is 38.1 Å². The molecule has 5 atom stereocenters. The Morgan fingerprint density at radius 1 is 1.19 bits per heavy atom. The summed E-state index contributed by atoms with van der Waals surface area (Å²) in [4.78, 5) is 41.5. The first-order chi connectivity index (χ1) is 15.1. The van der Waals surface area contributed by atoms with Crippen LogP contribution in [0.5, 0.6) is 0 Å². The molecule has 7 nitrogen and oxygen atoms in total. The summed E-state index contributed by atoms with van der Waals surface area (Å²) >= 11 is 6.28. The van der Waals surface area contributed by atoms with Crippen molar-refractivity contribution in [2.24, 2.45) is 11.8 Å². The predicted octanol–water partition coefficient (Wildman–Crippen LogP) is 2.09. The van der Waals surface area contributed by atoms with Crippen molar-refractivity contribution in [2.75, 3.05) is 5.32 Å². The van der Waals surface area contributed by atoms with E-state index in [1.807, 2.05) is 0 Å². The molecule has 2 aromatic carbocycles. The van der Waals surface area contributed by atoms with Gasteiger partial charge in [-0.25, -0.2) is 4.39 Å². The summed E-state index contributed by atoms with van der Waals surface area (Å²) in [7, 11) is 0. The molecular formula is C23H21ClFN3O4. The van der Waals surface area contributed by atoms with Gasteiger partial charge < -0.3 is 10.4 Å². The van der Waals surface area contributed by atoms with Crippen molar-refractivity contribution in [3.05, 3.63) is 63.9 Å². The van der Waals surface area contributed by atoms with Gasteiger partial charge in [-0.15, -0.1) is 0 Å². The lowest BCUT2D eigenvalue weighted by Gasteiger charge is -2.30. The fourth-order valence-electron chi connectivity index (χ4n) is 5.37. The number of fused-ring (bicyclic) bond motifs is 4. The summed E-state index contributed by atoms with van der Waals surface area (Å²) < 4.78 is 13.3. The largest absolute Gasteiger partial charge is 0.392 e. The second-order valence-electron chi connectivity index (χ2n) is 8.71. The van der Waals surface area contributed by atoms with E-state index in [2.05, 4.69) is 10.6 Å². The Morgan fingerprint density at radius 3 is 2.53 bits per heavy atom.